The first-order chi connectivity index (χ1) is 12.1. The maximum Gasteiger partial charge on any atom is 0.253 e. The van der Waals surface area contributed by atoms with Crippen molar-refractivity contribution in [3.8, 4) is 0 Å². The number of hydrogen-bond donors (Lipinski definition) is 1. The number of carbonyl (C=O) groups excluding carboxylic acids is 2. The fourth-order valence-corrected chi connectivity index (χ4v) is 3.15. The zero-order chi connectivity index (χ0) is 18.1. The van der Waals surface area contributed by atoms with Gasteiger partial charge in [-0.3, -0.25) is 14.6 Å². The van der Waals surface area contributed by atoms with E-state index in [4.69, 9.17) is 0 Å². The molecule has 5 nitrogen and oxygen atoms in total. The number of rotatable bonds is 8. The van der Waals surface area contributed by atoms with E-state index in [0.29, 0.717) is 30.1 Å². The minimum atomic E-state index is -0.0773. The zero-order valence-electron chi connectivity index (χ0n) is 14.6. The zero-order valence-corrected chi connectivity index (χ0v) is 15.4. The van der Waals surface area contributed by atoms with Crippen molar-refractivity contribution in [2.45, 2.75) is 19.6 Å². The number of amides is 2. The third kappa shape index (κ3) is 5.90. The SMILES string of the molecule is CCN(CC)C(=O)c1cccc(NC(=O)CSCc2ccncc2)c1. The molecule has 0 aliphatic rings. The van der Waals surface area contributed by atoms with Gasteiger partial charge in [-0.25, -0.2) is 0 Å². The Hall–Kier alpha value is -2.34. The van der Waals surface area contributed by atoms with E-state index in [1.807, 2.05) is 26.0 Å². The maximum atomic E-state index is 12.4. The number of anilines is 1. The molecule has 25 heavy (non-hydrogen) atoms. The maximum absolute atomic E-state index is 12.4. The van der Waals surface area contributed by atoms with Gasteiger partial charge in [0.15, 0.2) is 0 Å². The molecule has 1 aromatic heterocycles. The Balaban J connectivity index is 1.88. The number of pyridine rings is 1. The molecule has 1 aromatic carbocycles. The van der Waals surface area contributed by atoms with Crippen LogP contribution in [0.25, 0.3) is 0 Å². The molecule has 0 radical (unpaired) electrons. The molecule has 132 valence electrons. The molecule has 1 heterocycles. The van der Waals surface area contributed by atoms with E-state index >= 15 is 0 Å². The van der Waals surface area contributed by atoms with Gasteiger partial charge in [-0.1, -0.05) is 6.07 Å². The van der Waals surface area contributed by atoms with E-state index in [1.54, 1.807) is 53.3 Å². The van der Waals surface area contributed by atoms with Crippen LogP contribution in [0, 0.1) is 0 Å². The first-order valence-electron chi connectivity index (χ1n) is 8.29. The predicted octanol–water partition coefficient (Wildman–Crippen LogP) is 3.44. The molecular formula is C19H23N3O2S. The molecule has 0 atom stereocenters. The van der Waals surface area contributed by atoms with Crippen LogP contribution in [0.1, 0.15) is 29.8 Å². The van der Waals surface area contributed by atoms with Crippen LogP contribution >= 0.6 is 11.8 Å². The molecule has 2 aromatic rings. The molecule has 0 aliphatic carbocycles. The molecule has 0 spiro atoms. The summed E-state index contributed by atoms with van der Waals surface area (Å²) in [6, 6.07) is 11.0. The fraction of sp³-hybridized carbons (Fsp3) is 0.316. The summed E-state index contributed by atoms with van der Waals surface area (Å²) in [5.74, 6) is 1.02. The van der Waals surface area contributed by atoms with E-state index < -0.39 is 0 Å². The lowest BCUT2D eigenvalue weighted by Gasteiger charge is -2.19. The van der Waals surface area contributed by atoms with Crippen molar-refractivity contribution >= 4 is 29.3 Å². The lowest BCUT2D eigenvalue weighted by Crippen LogP contribution is -2.30. The van der Waals surface area contributed by atoms with Crippen LogP contribution in [0.2, 0.25) is 0 Å². The van der Waals surface area contributed by atoms with Gasteiger partial charge in [-0.05, 0) is 49.7 Å². The number of aromatic nitrogens is 1. The Morgan fingerprint density at radius 1 is 1.12 bits per heavy atom. The Bertz CT molecular complexity index is 703. The van der Waals surface area contributed by atoms with Crippen LogP contribution in [-0.4, -0.2) is 40.5 Å². The molecule has 0 saturated carbocycles. The molecule has 2 rings (SSSR count). The van der Waals surface area contributed by atoms with Crippen molar-refractivity contribution in [1.29, 1.82) is 0 Å². The van der Waals surface area contributed by atoms with Crippen LogP contribution in [-0.2, 0) is 10.5 Å². The van der Waals surface area contributed by atoms with E-state index in [1.165, 1.54) is 0 Å². The summed E-state index contributed by atoms with van der Waals surface area (Å²) in [5, 5.41) is 2.86. The largest absolute Gasteiger partial charge is 0.339 e. The molecule has 2 amide bonds. The highest BCUT2D eigenvalue weighted by Gasteiger charge is 2.13. The second-order valence-electron chi connectivity index (χ2n) is 5.45. The first kappa shape index (κ1) is 19.0. The van der Waals surface area contributed by atoms with E-state index in [-0.39, 0.29) is 11.8 Å². The lowest BCUT2D eigenvalue weighted by atomic mass is 10.1. The van der Waals surface area contributed by atoms with E-state index in [9.17, 15) is 9.59 Å². The number of thioether (sulfide) groups is 1. The molecule has 0 aliphatic heterocycles. The van der Waals surface area contributed by atoms with Crippen LogP contribution in [0.4, 0.5) is 5.69 Å². The van der Waals surface area contributed by atoms with Gasteiger partial charge < -0.3 is 10.2 Å². The standard InChI is InChI=1S/C19H23N3O2S/c1-3-22(4-2)19(24)16-6-5-7-17(12-16)21-18(23)14-25-13-15-8-10-20-11-9-15/h5-12H,3-4,13-14H2,1-2H3,(H,21,23). The molecule has 0 saturated heterocycles. The monoisotopic (exact) mass is 357 g/mol. The van der Waals surface area contributed by atoms with Gasteiger partial charge >= 0.3 is 0 Å². The smallest absolute Gasteiger partial charge is 0.253 e. The highest BCUT2D eigenvalue weighted by molar-refractivity contribution is 7.99. The van der Waals surface area contributed by atoms with Gasteiger partial charge in [-0.2, -0.15) is 0 Å². The highest BCUT2D eigenvalue weighted by Crippen LogP contribution is 2.15. The number of nitrogens with zero attached hydrogens (tertiary/aromatic N) is 2. The molecule has 0 bridgehead atoms. The Labute approximate surface area is 152 Å². The van der Waals surface area contributed by atoms with Crippen LogP contribution < -0.4 is 5.32 Å². The average molecular weight is 357 g/mol. The second-order valence-corrected chi connectivity index (χ2v) is 6.44. The van der Waals surface area contributed by atoms with Gasteiger partial charge in [0.25, 0.3) is 5.91 Å². The van der Waals surface area contributed by atoms with Crippen molar-refractivity contribution in [3.63, 3.8) is 0 Å². The average Bonchev–Trinajstić information content (AvgIpc) is 2.63. The van der Waals surface area contributed by atoms with Gasteiger partial charge in [0.05, 0.1) is 5.75 Å². The molecule has 6 heteroatoms. The third-order valence-corrected chi connectivity index (χ3v) is 4.70. The van der Waals surface area contributed by atoms with Crippen molar-refractivity contribution in [2.75, 3.05) is 24.2 Å². The summed E-state index contributed by atoms with van der Waals surface area (Å²) >= 11 is 1.54. The molecule has 1 N–H and O–H groups in total. The van der Waals surface area contributed by atoms with Crippen molar-refractivity contribution in [1.82, 2.24) is 9.88 Å². The van der Waals surface area contributed by atoms with Crippen LogP contribution in [0.3, 0.4) is 0 Å². The Kier molecular flexibility index (Phi) is 7.47. The number of hydrogen-bond acceptors (Lipinski definition) is 4. The molecular weight excluding hydrogens is 334 g/mol. The summed E-state index contributed by atoms with van der Waals surface area (Å²) in [5.41, 5.74) is 2.37. The normalized spacial score (nSPS) is 10.3. The van der Waals surface area contributed by atoms with E-state index in [0.717, 1.165) is 11.3 Å². The Morgan fingerprint density at radius 3 is 2.52 bits per heavy atom. The van der Waals surface area contributed by atoms with Gasteiger partial charge in [-0.15, -0.1) is 11.8 Å². The summed E-state index contributed by atoms with van der Waals surface area (Å²) in [6.45, 7) is 5.23. The van der Waals surface area contributed by atoms with Gasteiger partial charge in [0, 0.05) is 42.5 Å². The highest BCUT2D eigenvalue weighted by atomic mass is 32.2. The van der Waals surface area contributed by atoms with Gasteiger partial charge in [0.2, 0.25) is 5.91 Å². The van der Waals surface area contributed by atoms with E-state index in [2.05, 4.69) is 10.3 Å². The van der Waals surface area contributed by atoms with Gasteiger partial charge in [0.1, 0.15) is 0 Å². The Morgan fingerprint density at radius 2 is 1.84 bits per heavy atom. The summed E-state index contributed by atoms with van der Waals surface area (Å²) in [7, 11) is 0. The number of benzene rings is 1. The second kappa shape index (κ2) is 9.84. The topological polar surface area (TPSA) is 62.3 Å². The lowest BCUT2D eigenvalue weighted by molar-refractivity contribution is -0.113. The molecule has 0 fully saturated rings. The minimum absolute atomic E-state index is 0.0202. The van der Waals surface area contributed by atoms with Crippen LogP contribution in [0.15, 0.2) is 48.8 Å². The molecule has 0 unspecified atom stereocenters. The minimum Gasteiger partial charge on any atom is -0.339 e. The number of nitrogens with one attached hydrogen (secondary N) is 1. The first-order valence-corrected chi connectivity index (χ1v) is 9.45. The third-order valence-electron chi connectivity index (χ3n) is 3.70. The fourth-order valence-electron chi connectivity index (χ4n) is 2.36. The quantitative estimate of drug-likeness (QED) is 0.786. The van der Waals surface area contributed by atoms with Crippen molar-refractivity contribution in [3.05, 3.63) is 59.9 Å². The van der Waals surface area contributed by atoms with Crippen molar-refractivity contribution in [2.24, 2.45) is 0 Å². The van der Waals surface area contributed by atoms with Crippen LogP contribution in [0.5, 0.6) is 0 Å². The van der Waals surface area contributed by atoms with Crippen molar-refractivity contribution < 1.29 is 9.59 Å². The summed E-state index contributed by atoms with van der Waals surface area (Å²) in [6.07, 6.45) is 3.49. The predicted molar refractivity (Wildman–Crippen MR) is 103 cm³/mol. The summed E-state index contributed by atoms with van der Waals surface area (Å²) < 4.78 is 0. The number of carbonyl (C=O) groups is 2. The summed E-state index contributed by atoms with van der Waals surface area (Å²) in [4.78, 5) is 30.2.